The molecule has 0 spiro atoms. The quantitative estimate of drug-likeness (QED) is 0.515. The van der Waals surface area contributed by atoms with Gasteiger partial charge in [0.15, 0.2) is 0 Å². The first kappa shape index (κ1) is 25.6. The largest absolute Gasteiger partial charge is 0.282 e. The second kappa shape index (κ2) is 19.6. The molecule has 22 heavy (non-hydrogen) atoms. The van der Waals surface area contributed by atoms with E-state index in [9.17, 15) is 9.59 Å². The SMILES string of the molecule is CC.CC.CC(=O)Cl.CC(=O)Cl.c1ccc2ccccc2c1. The Balaban J connectivity index is -0.000000256. The highest BCUT2D eigenvalue weighted by Crippen LogP contribution is 2.11. The van der Waals surface area contributed by atoms with Crippen molar-refractivity contribution in [3.8, 4) is 0 Å². The summed E-state index contributed by atoms with van der Waals surface area (Å²) in [6.07, 6.45) is 0. The van der Waals surface area contributed by atoms with Crippen molar-refractivity contribution >= 4 is 44.5 Å². The summed E-state index contributed by atoms with van der Waals surface area (Å²) in [7, 11) is 0. The zero-order valence-electron chi connectivity index (χ0n) is 14.2. The number of carbonyl (C=O) groups is 2. The lowest BCUT2D eigenvalue weighted by Gasteiger charge is -1.92. The van der Waals surface area contributed by atoms with Gasteiger partial charge in [-0.05, 0) is 34.0 Å². The summed E-state index contributed by atoms with van der Waals surface area (Å²) < 4.78 is 0. The van der Waals surface area contributed by atoms with Gasteiger partial charge in [0.25, 0.3) is 0 Å². The number of benzene rings is 2. The molecule has 0 radical (unpaired) electrons. The molecule has 0 heterocycles. The molecule has 0 aromatic heterocycles. The molecule has 124 valence electrons. The highest BCUT2D eigenvalue weighted by Gasteiger charge is 1.85. The first-order valence-electron chi connectivity index (χ1n) is 7.19. The van der Waals surface area contributed by atoms with Gasteiger partial charge in [-0.3, -0.25) is 9.59 Å². The minimum atomic E-state index is -0.361. The van der Waals surface area contributed by atoms with Gasteiger partial charge in [-0.1, -0.05) is 76.2 Å². The lowest BCUT2D eigenvalue weighted by Crippen LogP contribution is -1.67. The van der Waals surface area contributed by atoms with Gasteiger partial charge in [0, 0.05) is 13.8 Å². The van der Waals surface area contributed by atoms with Crippen LogP contribution in [0, 0.1) is 0 Å². The van der Waals surface area contributed by atoms with Crippen molar-refractivity contribution in [2.24, 2.45) is 0 Å². The Bertz CT molecular complexity index is 426. The summed E-state index contributed by atoms with van der Waals surface area (Å²) >= 11 is 9.27. The maximum absolute atomic E-state index is 9.21. The van der Waals surface area contributed by atoms with E-state index in [1.807, 2.05) is 27.7 Å². The van der Waals surface area contributed by atoms with Gasteiger partial charge >= 0.3 is 0 Å². The molecule has 2 aromatic rings. The normalized spacial score (nSPS) is 7.45. The summed E-state index contributed by atoms with van der Waals surface area (Å²) in [6, 6.07) is 16.7. The Hall–Kier alpha value is -1.38. The van der Waals surface area contributed by atoms with E-state index in [2.05, 4.69) is 71.7 Å². The third kappa shape index (κ3) is 20.9. The first-order valence-corrected chi connectivity index (χ1v) is 7.95. The lowest BCUT2D eigenvalue weighted by atomic mass is 10.1. The topological polar surface area (TPSA) is 34.1 Å². The van der Waals surface area contributed by atoms with Crippen LogP contribution in [0.4, 0.5) is 0 Å². The molecule has 2 rings (SSSR count). The van der Waals surface area contributed by atoms with Crippen LogP contribution in [0.25, 0.3) is 10.8 Å². The van der Waals surface area contributed by atoms with Crippen molar-refractivity contribution < 1.29 is 9.59 Å². The minimum absolute atomic E-state index is 0.361. The summed E-state index contributed by atoms with van der Waals surface area (Å²) in [5, 5.41) is 1.90. The van der Waals surface area contributed by atoms with E-state index in [0.29, 0.717) is 0 Å². The molecule has 0 fully saturated rings. The third-order valence-electron chi connectivity index (χ3n) is 1.66. The van der Waals surface area contributed by atoms with Gasteiger partial charge in [-0.15, -0.1) is 0 Å². The van der Waals surface area contributed by atoms with Crippen molar-refractivity contribution in [1.82, 2.24) is 0 Å². The van der Waals surface area contributed by atoms with Gasteiger partial charge in [-0.2, -0.15) is 0 Å². The molecule has 0 bridgehead atoms. The fourth-order valence-electron chi connectivity index (χ4n) is 1.13. The zero-order valence-corrected chi connectivity index (χ0v) is 15.7. The second-order valence-electron chi connectivity index (χ2n) is 3.29. The van der Waals surface area contributed by atoms with E-state index < -0.39 is 0 Å². The Labute approximate surface area is 144 Å². The van der Waals surface area contributed by atoms with Crippen LogP contribution >= 0.6 is 23.2 Å². The molecule has 4 heteroatoms. The number of hydrogen-bond acceptors (Lipinski definition) is 2. The standard InChI is InChI=1S/C10H8.2C2H3ClO.2C2H6/c1-2-6-10-8-4-3-7-9(10)5-1;2*1-2(3)4;2*1-2/h1-8H;2*1H3;2*1-2H3. The first-order chi connectivity index (χ1) is 10.4. The van der Waals surface area contributed by atoms with Gasteiger partial charge in [0.2, 0.25) is 10.5 Å². The van der Waals surface area contributed by atoms with Crippen LogP contribution in [0.2, 0.25) is 0 Å². The Kier molecular flexibility index (Phi) is 22.8. The number of rotatable bonds is 0. The van der Waals surface area contributed by atoms with E-state index in [-0.39, 0.29) is 10.5 Å². The van der Waals surface area contributed by atoms with Crippen LogP contribution in [0.3, 0.4) is 0 Å². The summed E-state index contributed by atoms with van der Waals surface area (Å²) in [5.74, 6) is 0. The average Bonchev–Trinajstić information content (AvgIpc) is 2.50. The Morgan fingerprint density at radius 1 is 0.636 bits per heavy atom. The van der Waals surface area contributed by atoms with Crippen molar-refractivity contribution in [3.05, 3.63) is 48.5 Å². The van der Waals surface area contributed by atoms with Gasteiger partial charge in [0.1, 0.15) is 0 Å². The Morgan fingerprint density at radius 3 is 0.909 bits per heavy atom. The molecule has 0 aliphatic rings. The lowest BCUT2D eigenvalue weighted by molar-refractivity contribution is -0.110. The fourth-order valence-corrected chi connectivity index (χ4v) is 1.13. The fraction of sp³-hybridized carbons (Fsp3) is 0.333. The van der Waals surface area contributed by atoms with E-state index in [4.69, 9.17) is 0 Å². The number of carbonyl (C=O) groups excluding carboxylic acids is 2. The number of hydrogen-bond donors (Lipinski definition) is 0. The molecule has 0 amide bonds. The second-order valence-corrected chi connectivity index (χ2v) is 4.35. The van der Waals surface area contributed by atoms with Gasteiger partial charge < -0.3 is 0 Å². The van der Waals surface area contributed by atoms with Crippen molar-refractivity contribution in [2.45, 2.75) is 41.5 Å². The predicted molar refractivity (Wildman–Crippen MR) is 99.7 cm³/mol. The van der Waals surface area contributed by atoms with Crippen LogP contribution in [0.15, 0.2) is 48.5 Å². The van der Waals surface area contributed by atoms with E-state index >= 15 is 0 Å². The molecule has 0 saturated carbocycles. The van der Waals surface area contributed by atoms with Crippen LogP contribution < -0.4 is 0 Å². The monoisotopic (exact) mass is 344 g/mol. The molecular weight excluding hydrogens is 319 g/mol. The molecule has 0 saturated heterocycles. The maximum Gasteiger partial charge on any atom is 0.218 e. The molecule has 0 unspecified atom stereocenters. The van der Waals surface area contributed by atoms with E-state index in [1.54, 1.807) is 0 Å². The zero-order chi connectivity index (χ0) is 18.0. The van der Waals surface area contributed by atoms with Crippen molar-refractivity contribution in [1.29, 1.82) is 0 Å². The molecule has 0 aliphatic heterocycles. The van der Waals surface area contributed by atoms with Crippen LogP contribution in [-0.4, -0.2) is 10.5 Å². The van der Waals surface area contributed by atoms with Crippen molar-refractivity contribution in [3.63, 3.8) is 0 Å². The molecule has 0 N–H and O–H groups in total. The summed E-state index contributed by atoms with van der Waals surface area (Å²) in [4.78, 5) is 18.4. The summed E-state index contributed by atoms with van der Waals surface area (Å²) in [5.41, 5.74) is 0. The minimum Gasteiger partial charge on any atom is -0.282 e. The van der Waals surface area contributed by atoms with Crippen molar-refractivity contribution in [2.75, 3.05) is 0 Å². The smallest absolute Gasteiger partial charge is 0.218 e. The maximum atomic E-state index is 9.21. The highest BCUT2D eigenvalue weighted by molar-refractivity contribution is 6.63. The molecular formula is C18H26Cl2O2. The van der Waals surface area contributed by atoms with Gasteiger partial charge in [0.05, 0.1) is 0 Å². The van der Waals surface area contributed by atoms with E-state index in [0.717, 1.165) is 0 Å². The molecule has 2 aromatic carbocycles. The Morgan fingerprint density at radius 2 is 0.773 bits per heavy atom. The molecule has 0 aliphatic carbocycles. The van der Waals surface area contributed by atoms with Gasteiger partial charge in [-0.25, -0.2) is 0 Å². The van der Waals surface area contributed by atoms with Crippen LogP contribution in [-0.2, 0) is 9.59 Å². The molecule has 0 atom stereocenters. The van der Waals surface area contributed by atoms with Crippen LogP contribution in [0.1, 0.15) is 41.5 Å². The average molecular weight is 345 g/mol. The summed E-state index contributed by atoms with van der Waals surface area (Å²) in [6.45, 7) is 10.6. The molecule has 2 nitrogen and oxygen atoms in total. The van der Waals surface area contributed by atoms with E-state index in [1.165, 1.54) is 24.6 Å². The third-order valence-corrected chi connectivity index (χ3v) is 1.66. The number of fused-ring (bicyclic) bond motifs is 1. The predicted octanol–water partition coefficient (Wildman–Crippen LogP) is 6.44. The number of halogens is 2. The highest BCUT2D eigenvalue weighted by atomic mass is 35.5. The van der Waals surface area contributed by atoms with Crippen LogP contribution in [0.5, 0.6) is 0 Å².